The van der Waals surface area contributed by atoms with Crippen LogP contribution in [0.25, 0.3) is 0 Å². The highest BCUT2D eigenvalue weighted by atomic mass is 35.5. The van der Waals surface area contributed by atoms with Gasteiger partial charge >= 0.3 is 6.03 Å². The molecule has 2 aromatic rings. The van der Waals surface area contributed by atoms with Crippen molar-refractivity contribution in [3.8, 4) is 0 Å². The van der Waals surface area contributed by atoms with Crippen LogP contribution in [0.2, 0.25) is 15.1 Å². The second kappa shape index (κ2) is 10.2. The van der Waals surface area contributed by atoms with Gasteiger partial charge in [-0.25, -0.2) is 4.79 Å². The van der Waals surface area contributed by atoms with Gasteiger partial charge in [-0.2, -0.15) is 0 Å². The molecule has 10 heteroatoms. The maximum atomic E-state index is 12.6. The molecule has 0 bridgehead atoms. The van der Waals surface area contributed by atoms with Crippen LogP contribution in [0, 0.1) is 0 Å². The van der Waals surface area contributed by atoms with Gasteiger partial charge in [0.2, 0.25) is 0 Å². The van der Waals surface area contributed by atoms with Crippen molar-refractivity contribution in [2.24, 2.45) is 5.16 Å². The van der Waals surface area contributed by atoms with E-state index in [0.717, 1.165) is 11.1 Å². The monoisotopic (exact) mass is 508 g/mol. The summed E-state index contributed by atoms with van der Waals surface area (Å²) < 4.78 is 0. The van der Waals surface area contributed by atoms with Crippen LogP contribution in [-0.2, 0) is 22.7 Å². The third kappa shape index (κ3) is 5.91. The van der Waals surface area contributed by atoms with Crippen LogP contribution < -0.4 is 10.6 Å². The molecular weight excluding hydrogens is 487 g/mol. The number of piperidine rings is 1. The van der Waals surface area contributed by atoms with Crippen molar-refractivity contribution in [1.82, 2.24) is 15.5 Å². The molecule has 1 spiro atoms. The topological polar surface area (TPSA) is 83.0 Å². The molecule has 0 unspecified atom stereocenters. The molecule has 4 rings (SSSR count). The average Bonchev–Trinajstić information content (AvgIpc) is 3.23. The molecule has 2 aliphatic heterocycles. The van der Waals surface area contributed by atoms with E-state index in [2.05, 4.69) is 15.8 Å². The van der Waals surface area contributed by atoms with Gasteiger partial charge in [-0.05, 0) is 35.4 Å². The lowest BCUT2D eigenvalue weighted by Gasteiger charge is -2.37. The molecule has 174 valence electrons. The minimum Gasteiger partial charge on any atom is -0.388 e. The van der Waals surface area contributed by atoms with Gasteiger partial charge in [-0.15, -0.1) is 0 Å². The Balaban J connectivity index is 1.22. The number of likely N-dealkylation sites (tertiary alicyclic amines) is 1. The van der Waals surface area contributed by atoms with Crippen molar-refractivity contribution >= 4 is 52.5 Å². The Morgan fingerprint density at radius 3 is 2.30 bits per heavy atom. The van der Waals surface area contributed by atoms with Crippen LogP contribution in [0.3, 0.4) is 0 Å². The Kier molecular flexibility index (Phi) is 7.32. The molecular formula is C23H23Cl3N4O3. The molecule has 0 aromatic heterocycles. The SMILES string of the molecule is O=C(NCc1ccc(Cl)cc1)C1=NOC2(CCN(C(=O)NCc3ccc(Cl)c(Cl)c3)CC2)C1. The third-order valence-electron chi connectivity index (χ3n) is 5.86. The summed E-state index contributed by atoms with van der Waals surface area (Å²) in [4.78, 5) is 32.5. The highest BCUT2D eigenvalue weighted by molar-refractivity contribution is 6.42. The zero-order valence-corrected chi connectivity index (χ0v) is 20.0. The van der Waals surface area contributed by atoms with E-state index in [4.69, 9.17) is 39.6 Å². The first-order chi connectivity index (χ1) is 15.8. The molecule has 2 N–H and O–H groups in total. The van der Waals surface area contributed by atoms with Crippen LogP contribution in [0.5, 0.6) is 0 Å². The van der Waals surface area contributed by atoms with Crippen LogP contribution in [0.15, 0.2) is 47.6 Å². The van der Waals surface area contributed by atoms with Crippen LogP contribution in [0.1, 0.15) is 30.4 Å². The van der Waals surface area contributed by atoms with Crippen molar-refractivity contribution in [3.63, 3.8) is 0 Å². The predicted octanol–water partition coefficient (Wildman–Crippen LogP) is 4.78. The third-order valence-corrected chi connectivity index (χ3v) is 6.85. The first kappa shape index (κ1) is 23.7. The van der Waals surface area contributed by atoms with Crippen LogP contribution >= 0.6 is 34.8 Å². The molecule has 2 aromatic carbocycles. The van der Waals surface area contributed by atoms with Gasteiger partial charge in [-0.1, -0.05) is 58.2 Å². The second-order valence-electron chi connectivity index (χ2n) is 8.19. The molecule has 0 saturated carbocycles. The van der Waals surface area contributed by atoms with E-state index < -0.39 is 5.60 Å². The van der Waals surface area contributed by atoms with Gasteiger partial charge in [-0.3, -0.25) is 4.79 Å². The number of halogens is 3. The van der Waals surface area contributed by atoms with E-state index in [1.165, 1.54) is 0 Å². The lowest BCUT2D eigenvalue weighted by atomic mass is 9.87. The number of oxime groups is 1. The van der Waals surface area contributed by atoms with Crippen molar-refractivity contribution in [3.05, 3.63) is 68.7 Å². The summed E-state index contributed by atoms with van der Waals surface area (Å²) in [6.07, 6.45) is 1.63. The molecule has 7 nitrogen and oxygen atoms in total. The summed E-state index contributed by atoms with van der Waals surface area (Å²) in [6.45, 7) is 1.77. The molecule has 1 fully saturated rings. The Morgan fingerprint density at radius 2 is 1.61 bits per heavy atom. The Bertz CT molecular complexity index is 1070. The fourth-order valence-electron chi connectivity index (χ4n) is 3.85. The highest BCUT2D eigenvalue weighted by Crippen LogP contribution is 2.34. The average molecular weight is 510 g/mol. The normalized spacial score (nSPS) is 16.8. The predicted molar refractivity (Wildman–Crippen MR) is 129 cm³/mol. The molecule has 2 aliphatic rings. The van der Waals surface area contributed by atoms with Crippen LogP contribution in [0.4, 0.5) is 4.79 Å². The molecule has 1 saturated heterocycles. The van der Waals surface area contributed by atoms with Crippen molar-refractivity contribution in [2.45, 2.75) is 38.0 Å². The lowest BCUT2D eigenvalue weighted by Crippen LogP contribution is -2.50. The Hall–Kier alpha value is -2.48. The maximum absolute atomic E-state index is 12.6. The summed E-state index contributed by atoms with van der Waals surface area (Å²) in [5, 5.41) is 11.4. The van der Waals surface area contributed by atoms with Gasteiger partial charge in [0.25, 0.3) is 5.91 Å². The summed E-state index contributed by atoms with van der Waals surface area (Å²) in [7, 11) is 0. The molecule has 33 heavy (non-hydrogen) atoms. The number of rotatable bonds is 5. The van der Waals surface area contributed by atoms with Gasteiger partial charge in [0.15, 0.2) is 0 Å². The standard InChI is InChI=1S/C23H23Cl3N4O3/c24-17-4-1-15(2-5-17)13-27-21(31)20-12-23(33-29-20)7-9-30(10-8-23)22(32)28-14-16-3-6-18(25)19(26)11-16/h1-6,11H,7-10,12-14H2,(H,27,31)(H,28,32). The lowest BCUT2D eigenvalue weighted by molar-refractivity contribution is -0.115. The summed E-state index contributed by atoms with van der Waals surface area (Å²) in [5.41, 5.74) is 1.66. The summed E-state index contributed by atoms with van der Waals surface area (Å²) >= 11 is 17.8. The zero-order chi connectivity index (χ0) is 23.4. The number of nitrogens with one attached hydrogen (secondary N) is 2. The first-order valence-electron chi connectivity index (χ1n) is 10.6. The number of hydrogen-bond donors (Lipinski definition) is 2. The number of benzene rings is 2. The van der Waals surface area contributed by atoms with E-state index in [1.807, 2.05) is 18.2 Å². The molecule has 0 atom stereocenters. The highest BCUT2D eigenvalue weighted by Gasteiger charge is 2.44. The number of amides is 3. The minimum atomic E-state index is -0.534. The van der Waals surface area contributed by atoms with Crippen molar-refractivity contribution in [1.29, 1.82) is 0 Å². The van der Waals surface area contributed by atoms with Gasteiger partial charge in [0.1, 0.15) is 11.3 Å². The maximum Gasteiger partial charge on any atom is 0.317 e. The number of hydrogen-bond acceptors (Lipinski definition) is 4. The van der Waals surface area contributed by atoms with E-state index in [0.29, 0.717) is 66.2 Å². The number of nitrogens with zero attached hydrogens (tertiary/aromatic N) is 2. The summed E-state index contributed by atoms with van der Waals surface area (Å²) in [6, 6.07) is 12.4. The molecule has 0 radical (unpaired) electrons. The van der Waals surface area contributed by atoms with E-state index in [9.17, 15) is 9.59 Å². The summed E-state index contributed by atoms with van der Waals surface area (Å²) in [5.74, 6) is -0.247. The fraction of sp³-hybridized carbons (Fsp3) is 0.348. The number of carbonyl (C=O) groups excluding carboxylic acids is 2. The number of carbonyl (C=O) groups is 2. The van der Waals surface area contributed by atoms with E-state index >= 15 is 0 Å². The van der Waals surface area contributed by atoms with Crippen molar-refractivity contribution in [2.75, 3.05) is 13.1 Å². The van der Waals surface area contributed by atoms with Crippen molar-refractivity contribution < 1.29 is 14.4 Å². The zero-order valence-electron chi connectivity index (χ0n) is 17.7. The molecule has 2 heterocycles. The van der Waals surface area contributed by atoms with Gasteiger partial charge < -0.3 is 20.4 Å². The Morgan fingerprint density at radius 1 is 0.939 bits per heavy atom. The fourth-order valence-corrected chi connectivity index (χ4v) is 4.30. The van der Waals surface area contributed by atoms with E-state index in [-0.39, 0.29) is 11.9 Å². The van der Waals surface area contributed by atoms with Gasteiger partial charge in [0.05, 0.1) is 10.0 Å². The largest absolute Gasteiger partial charge is 0.388 e. The smallest absolute Gasteiger partial charge is 0.317 e. The molecule has 3 amide bonds. The molecule has 0 aliphatic carbocycles. The quantitative estimate of drug-likeness (QED) is 0.608. The number of urea groups is 1. The first-order valence-corrected chi connectivity index (χ1v) is 11.7. The second-order valence-corrected chi connectivity index (χ2v) is 9.44. The van der Waals surface area contributed by atoms with Gasteiger partial charge in [0, 0.05) is 50.5 Å². The Labute approximate surface area is 207 Å². The minimum absolute atomic E-state index is 0.157. The van der Waals surface area contributed by atoms with Crippen LogP contribution in [-0.4, -0.2) is 41.2 Å². The van der Waals surface area contributed by atoms with E-state index in [1.54, 1.807) is 29.2 Å².